The highest BCUT2D eigenvalue weighted by Crippen LogP contribution is 2.24. The van der Waals surface area contributed by atoms with E-state index in [2.05, 4.69) is 21.2 Å². The second kappa shape index (κ2) is 6.51. The fourth-order valence-corrected chi connectivity index (χ4v) is 1.70. The molecule has 0 spiro atoms. The van der Waals surface area contributed by atoms with Crippen LogP contribution in [0.1, 0.15) is 12.0 Å². The number of aryl methyl sites for hydroxylation is 1. The lowest BCUT2D eigenvalue weighted by atomic mass is 10.2. The third kappa shape index (κ3) is 4.51. The molecule has 0 aliphatic carbocycles. The molecule has 2 amide bonds. The van der Waals surface area contributed by atoms with Gasteiger partial charge in [-0.3, -0.25) is 4.79 Å². The van der Waals surface area contributed by atoms with E-state index in [1.54, 1.807) is 6.92 Å². The monoisotopic (exact) mass is 332 g/mol. The van der Waals surface area contributed by atoms with Crippen LogP contribution in [0.25, 0.3) is 0 Å². The van der Waals surface area contributed by atoms with Crippen LogP contribution < -0.4 is 5.32 Å². The highest BCUT2D eigenvalue weighted by atomic mass is 79.9. The maximum absolute atomic E-state index is 13.2. The summed E-state index contributed by atoms with van der Waals surface area (Å²) in [6, 6.07) is 2.33. The summed E-state index contributed by atoms with van der Waals surface area (Å²) in [4.78, 5) is 23.5. The van der Waals surface area contributed by atoms with E-state index in [-0.39, 0.29) is 17.4 Å². The normalized spacial score (nSPS) is 10.1. The Labute approximate surface area is 118 Å². The quantitative estimate of drug-likeness (QED) is 0.890. The first-order valence-corrected chi connectivity index (χ1v) is 6.30. The first-order chi connectivity index (χ1) is 8.81. The number of carbonyl (C=O) groups is 2. The van der Waals surface area contributed by atoms with Gasteiger partial charge in [0, 0.05) is 19.3 Å². The molecule has 104 valence electrons. The average Bonchev–Trinajstić information content (AvgIpc) is 2.32. The van der Waals surface area contributed by atoms with Crippen LogP contribution in [-0.4, -0.2) is 35.6 Å². The summed E-state index contributed by atoms with van der Waals surface area (Å²) < 4.78 is 13.5. The van der Waals surface area contributed by atoms with Crippen molar-refractivity contribution >= 4 is 33.6 Å². The minimum atomic E-state index is -0.972. The first kappa shape index (κ1) is 15.4. The predicted molar refractivity (Wildman–Crippen MR) is 72.7 cm³/mol. The molecular weight excluding hydrogens is 319 g/mol. The van der Waals surface area contributed by atoms with Crippen molar-refractivity contribution in [1.82, 2.24) is 4.90 Å². The Morgan fingerprint density at radius 2 is 2.11 bits per heavy atom. The molecule has 0 heterocycles. The summed E-state index contributed by atoms with van der Waals surface area (Å²) in [5, 5.41) is 11.1. The fraction of sp³-hybridized carbons (Fsp3) is 0.333. The van der Waals surface area contributed by atoms with Crippen LogP contribution in [0.2, 0.25) is 0 Å². The molecule has 0 unspecified atom stereocenters. The minimum absolute atomic E-state index is 0.0998. The zero-order chi connectivity index (χ0) is 14.6. The van der Waals surface area contributed by atoms with Crippen LogP contribution in [0.15, 0.2) is 16.6 Å². The number of nitrogens with one attached hydrogen (secondary N) is 1. The number of hydrogen-bond acceptors (Lipinski definition) is 2. The minimum Gasteiger partial charge on any atom is -0.481 e. The van der Waals surface area contributed by atoms with Gasteiger partial charge in [-0.1, -0.05) is 0 Å². The van der Waals surface area contributed by atoms with E-state index in [9.17, 15) is 14.0 Å². The molecule has 1 aromatic carbocycles. The summed E-state index contributed by atoms with van der Waals surface area (Å²) in [5.41, 5.74) is 1.06. The number of rotatable bonds is 4. The molecule has 0 aliphatic rings. The van der Waals surface area contributed by atoms with Gasteiger partial charge in [0.1, 0.15) is 5.82 Å². The van der Waals surface area contributed by atoms with Crippen molar-refractivity contribution in [1.29, 1.82) is 0 Å². The van der Waals surface area contributed by atoms with E-state index in [1.807, 2.05) is 0 Å². The molecular formula is C12H14BrFN2O3. The van der Waals surface area contributed by atoms with Crippen molar-refractivity contribution in [2.24, 2.45) is 0 Å². The summed E-state index contributed by atoms with van der Waals surface area (Å²) in [6.45, 7) is 1.77. The van der Waals surface area contributed by atoms with E-state index < -0.39 is 17.8 Å². The number of halogens is 2. The van der Waals surface area contributed by atoms with Gasteiger partial charge in [-0.2, -0.15) is 0 Å². The number of carbonyl (C=O) groups excluding carboxylic acids is 1. The first-order valence-electron chi connectivity index (χ1n) is 5.51. The molecule has 5 nitrogen and oxygen atoms in total. The molecule has 1 rings (SSSR count). The smallest absolute Gasteiger partial charge is 0.321 e. The van der Waals surface area contributed by atoms with Gasteiger partial charge in [0.15, 0.2) is 0 Å². The molecule has 0 radical (unpaired) electrons. The van der Waals surface area contributed by atoms with Gasteiger partial charge >= 0.3 is 12.0 Å². The largest absolute Gasteiger partial charge is 0.481 e. The number of carboxylic acid groups (broad SMARTS) is 1. The van der Waals surface area contributed by atoms with E-state index in [0.29, 0.717) is 11.3 Å². The zero-order valence-electron chi connectivity index (χ0n) is 10.5. The number of nitrogens with zero attached hydrogens (tertiary/aromatic N) is 1. The molecule has 0 aliphatic heterocycles. The lowest BCUT2D eigenvalue weighted by Crippen LogP contribution is -2.33. The Balaban J connectivity index is 2.71. The number of urea groups is 1. The van der Waals surface area contributed by atoms with E-state index in [1.165, 1.54) is 24.1 Å². The highest BCUT2D eigenvalue weighted by molar-refractivity contribution is 9.10. The lowest BCUT2D eigenvalue weighted by Gasteiger charge is -2.18. The number of aliphatic carboxylic acids is 1. The highest BCUT2D eigenvalue weighted by Gasteiger charge is 2.13. The number of hydrogen-bond donors (Lipinski definition) is 2. The molecule has 7 heteroatoms. The van der Waals surface area contributed by atoms with Gasteiger partial charge in [0.05, 0.1) is 10.9 Å². The SMILES string of the molecule is Cc1cc(F)c(Br)cc1NC(=O)N(C)CCC(=O)O. The van der Waals surface area contributed by atoms with Crippen LogP contribution in [0.4, 0.5) is 14.9 Å². The summed E-state index contributed by atoms with van der Waals surface area (Å²) in [5.74, 6) is -1.38. The number of amides is 2. The molecule has 2 N–H and O–H groups in total. The van der Waals surface area contributed by atoms with Gasteiger partial charge in [-0.15, -0.1) is 0 Å². The maximum atomic E-state index is 13.2. The fourth-order valence-electron chi connectivity index (χ4n) is 1.36. The Bertz CT molecular complexity index is 508. The van der Waals surface area contributed by atoms with Gasteiger partial charge in [0.25, 0.3) is 0 Å². The van der Waals surface area contributed by atoms with E-state index in [4.69, 9.17) is 5.11 Å². The van der Waals surface area contributed by atoms with Crippen molar-refractivity contribution in [2.45, 2.75) is 13.3 Å². The van der Waals surface area contributed by atoms with Gasteiger partial charge in [-0.05, 0) is 40.5 Å². The molecule has 0 saturated carbocycles. The van der Waals surface area contributed by atoms with Crippen molar-refractivity contribution in [3.8, 4) is 0 Å². The third-order valence-electron chi connectivity index (χ3n) is 2.52. The molecule has 1 aromatic rings. The molecule has 0 fully saturated rings. The second-order valence-electron chi connectivity index (χ2n) is 4.08. The van der Waals surface area contributed by atoms with Gasteiger partial charge in [-0.25, -0.2) is 9.18 Å². The molecule has 0 saturated heterocycles. The molecule has 0 atom stereocenters. The Morgan fingerprint density at radius 3 is 2.68 bits per heavy atom. The van der Waals surface area contributed by atoms with Crippen molar-refractivity contribution in [3.05, 3.63) is 28.0 Å². The number of anilines is 1. The standard InChI is InChI=1S/C12H14BrFN2O3/c1-7-5-9(14)8(13)6-10(7)15-12(19)16(2)4-3-11(17)18/h5-6H,3-4H2,1-2H3,(H,15,19)(H,17,18). The summed E-state index contributed by atoms with van der Waals surface area (Å²) in [7, 11) is 1.49. The van der Waals surface area contributed by atoms with Crippen molar-refractivity contribution in [3.63, 3.8) is 0 Å². The average molecular weight is 333 g/mol. The van der Waals surface area contributed by atoms with Crippen molar-refractivity contribution in [2.75, 3.05) is 18.9 Å². The van der Waals surface area contributed by atoms with Crippen LogP contribution in [0.5, 0.6) is 0 Å². The number of benzene rings is 1. The number of carboxylic acids is 1. The third-order valence-corrected chi connectivity index (χ3v) is 3.12. The van der Waals surface area contributed by atoms with Crippen LogP contribution in [-0.2, 0) is 4.79 Å². The Hall–Kier alpha value is -1.63. The van der Waals surface area contributed by atoms with Gasteiger partial charge < -0.3 is 15.3 Å². The summed E-state index contributed by atoms with van der Waals surface area (Å²) in [6.07, 6.45) is -0.129. The lowest BCUT2D eigenvalue weighted by molar-refractivity contribution is -0.137. The summed E-state index contributed by atoms with van der Waals surface area (Å²) >= 11 is 3.04. The van der Waals surface area contributed by atoms with Crippen molar-refractivity contribution < 1.29 is 19.1 Å². The Morgan fingerprint density at radius 1 is 1.47 bits per heavy atom. The second-order valence-corrected chi connectivity index (χ2v) is 4.93. The molecule has 19 heavy (non-hydrogen) atoms. The van der Waals surface area contributed by atoms with Crippen LogP contribution in [0.3, 0.4) is 0 Å². The Kier molecular flexibility index (Phi) is 5.29. The topological polar surface area (TPSA) is 69.6 Å². The van der Waals surface area contributed by atoms with Crippen LogP contribution >= 0.6 is 15.9 Å². The van der Waals surface area contributed by atoms with E-state index >= 15 is 0 Å². The molecule has 0 bridgehead atoms. The molecule has 0 aromatic heterocycles. The predicted octanol–water partition coefficient (Wildman–Crippen LogP) is 2.84. The maximum Gasteiger partial charge on any atom is 0.321 e. The van der Waals surface area contributed by atoms with E-state index in [0.717, 1.165) is 0 Å². The van der Waals surface area contributed by atoms with Crippen LogP contribution in [0, 0.1) is 12.7 Å². The van der Waals surface area contributed by atoms with Gasteiger partial charge in [0.2, 0.25) is 0 Å². The zero-order valence-corrected chi connectivity index (χ0v) is 12.1.